The third-order valence-electron chi connectivity index (χ3n) is 4.52. The van der Waals surface area contributed by atoms with Crippen LogP contribution >= 0.6 is 0 Å². The van der Waals surface area contributed by atoms with Gasteiger partial charge in [0.25, 0.3) is 0 Å². The summed E-state index contributed by atoms with van der Waals surface area (Å²) in [6, 6.07) is 0. The Bertz CT molecular complexity index is 289. The highest BCUT2D eigenvalue weighted by Crippen LogP contribution is 2.21. The van der Waals surface area contributed by atoms with E-state index in [0.717, 1.165) is 25.8 Å². The number of β-amino-alcohol motifs (C(OH)–C–C–N with tert-alkyl or cyclic N) is 1. The van der Waals surface area contributed by atoms with Gasteiger partial charge >= 0.3 is 0 Å². The zero-order chi connectivity index (χ0) is 15.6. The molecule has 3 nitrogen and oxygen atoms in total. The highest BCUT2D eigenvalue weighted by Gasteiger charge is 2.30. The predicted molar refractivity (Wildman–Crippen MR) is 88.3 cm³/mol. The monoisotopic (exact) mass is 297 g/mol. The van der Waals surface area contributed by atoms with E-state index in [1.807, 2.05) is 11.8 Å². The van der Waals surface area contributed by atoms with E-state index in [0.29, 0.717) is 13.0 Å². The van der Waals surface area contributed by atoms with Crippen LogP contribution in [0.1, 0.15) is 90.9 Å². The van der Waals surface area contributed by atoms with E-state index in [1.54, 1.807) is 0 Å². The summed E-state index contributed by atoms with van der Waals surface area (Å²) in [7, 11) is 0. The highest BCUT2D eigenvalue weighted by molar-refractivity contribution is 5.76. The Kier molecular flexibility index (Phi) is 8.98. The lowest BCUT2D eigenvalue weighted by molar-refractivity contribution is -0.137. The van der Waals surface area contributed by atoms with Gasteiger partial charge in [0.1, 0.15) is 0 Å². The first-order valence-corrected chi connectivity index (χ1v) is 9.05. The Morgan fingerprint density at radius 2 is 1.62 bits per heavy atom. The molecular formula is C18H35NO2. The largest absolute Gasteiger partial charge is 0.388 e. The maximum absolute atomic E-state index is 12.1. The molecule has 1 saturated heterocycles. The molecule has 0 bridgehead atoms. The maximum atomic E-state index is 12.1. The van der Waals surface area contributed by atoms with Crippen LogP contribution in [-0.2, 0) is 4.79 Å². The van der Waals surface area contributed by atoms with Crippen LogP contribution in [0.5, 0.6) is 0 Å². The van der Waals surface area contributed by atoms with Crippen LogP contribution in [0.2, 0.25) is 0 Å². The third-order valence-corrected chi connectivity index (χ3v) is 4.52. The first kappa shape index (κ1) is 18.5. The quantitative estimate of drug-likeness (QED) is 0.611. The second-order valence-electron chi connectivity index (χ2n) is 6.99. The maximum Gasteiger partial charge on any atom is 0.222 e. The molecule has 1 unspecified atom stereocenters. The van der Waals surface area contributed by atoms with Gasteiger partial charge in [-0.1, -0.05) is 58.3 Å². The number of piperidine rings is 1. The van der Waals surface area contributed by atoms with Gasteiger partial charge in [-0.2, -0.15) is 0 Å². The van der Waals surface area contributed by atoms with E-state index in [4.69, 9.17) is 0 Å². The normalized spacial score (nSPS) is 22.5. The Balaban J connectivity index is 1.98. The molecule has 0 aromatic heterocycles. The van der Waals surface area contributed by atoms with Gasteiger partial charge < -0.3 is 10.0 Å². The minimum Gasteiger partial charge on any atom is -0.388 e. The summed E-state index contributed by atoms with van der Waals surface area (Å²) in [5, 5.41) is 10.0. The van der Waals surface area contributed by atoms with Gasteiger partial charge in [0.2, 0.25) is 5.91 Å². The van der Waals surface area contributed by atoms with Crippen LogP contribution in [0.3, 0.4) is 0 Å². The van der Waals surface area contributed by atoms with Gasteiger partial charge in [-0.05, 0) is 26.2 Å². The van der Waals surface area contributed by atoms with E-state index >= 15 is 0 Å². The van der Waals surface area contributed by atoms with Crippen molar-refractivity contribution < 1.29 is 9.90 Å². The van der Waals surface area contributed by atoms with Crippen molar-refractivity contribution >= 4 is 5.91 Å². The van der Waals surface area contributed by atoms with Gasteiger partial charge in [0.05, 0.1) is 5.60 Å². The first-order valence-electron chi connectivity index (χ1n) is 9.05. The fraction of sp³-hybridized carbons (Fsp3) is 0.944. The third kappa shape index (κ3) is 8.45. The second-order valence-corrected chi connectivity index (χ2v) is 6.99. The summed E-state index contributed by atoms with van der Waals surface area (Å²) in [6.07, 6.45) is 13.9. The number of aliphatic hydroxyl groups is 1. The van der Waals surface area contributed by atoms with Crippen molar-refractivity contribution in [3.8, 4) is 0 Å². The average Bonchev–Trinajstić information content (AvgIpc) is 2.44. The molecule has 1 N–H and O–H groups in total. The van der Waals surface area contributed by atoms with Crippen LogP contribution in [-0.4, -0.2) is 34.6 Å². The number of likely N-dealkylation sites (tertiary alicyclic amines) is 1. The topological polar surface area (TPSA) is 40.5 Å². The van der Waals surface area contributed by atoms with E-state index in [9.17, 15) is 9.90 Å². The van der Waals surface area contributed by atoms with E-state index in [1.165, 1.54) is 51.4 Å². The Labute approximate surface area is 131 Å². The van der Waals surface area contributed by atoms with Crippen molar-refractivity contribution in [2.45, 2.75) is 96.5 Å². The highest BCUT2D eigenvalue weighted by atomic mass is 16.3. The molecule has 0 saturated carbocycles. The summed E-state index contributed by atoms with van der Waals surface area (Å²) in [5.41, 5.74) is -0.674. The molecule has 0 radical (unpaired) electrons. The lowest BCUT2D eigenvalue weighted by Crippen LogP contribution is -2.48. The van der Waals surface area contributed by atoms with Crippen molar-refractivity contribution in [3.05, 3.63) is 0 Å². The zero-order valence-corrected chi connectivity index (χ0v) is 14.2. The average molecular weight is 297 g/mol. The van der Waals surface area contributed by atoms with Crippen molar-refractivity contribution in [2.24, 2.45) is 0 Å². The molecule has 1 aliphatic rings. The molecular weight excluding hydrogens is 262 g/mol. The van der Waals surface area contributed by atoms with Crippen molar-refractivity contribution in [1.29, 1.82) is 0 Å². The molecule has 1 atom stereocenters. The Morgan fingerprint density at radius 3 is 2.19 bits per heavy atom. The van der Waals surface area contributed by atoms with Gasteiger partial charge in [0.15, 0.2) is 0 Å². The molecule has 1 amide bonds. The minimum atomic E-state index is -0.674. The van der Waals surface area contributed by atoms with Crippen LogP contribution in [0.25, 0.3) is 0 Å². The number of hydrogen-bond donors (Lipinski definition) is 1. The molecule has 1 aliphatic heterocycles. The van der Waals surface area contributed by atoms with Gasteiger partial charge in [-0.15, -0.1) is 0 Å². The van der Waals surface area contributed by atoms with Crippen LogP contribution in [0.4, 0.5) is 0 Å². The number of carbonyl (C=O) groups excluding carboxylic acids is 1. The van der Waals surface area contributed by atoms with Crippen LogP contribution in [0.15, 0.2) is 0 Å². The zero-order valence-electron chi connectivity index (χ0n) is 14.2. The van der Waals surface area contributed by atoms with Gasteiger partial charge in [-0.25, -0.2) is 0 Å². The van der Waals surface area contributed by atoms with E-state index in [-0.39, 0.29) is 5.91 Å². The van der Waals surface area contributed by atoms with Crippen molar-refractivity contribution in [3.63, 3.8) is 0 Å². The second kappa shape index (κ2) is 10.2. The van der Waals surface area contributed by atoms with Crippen LogP contribution in [0, 0.1) is 0 Å². The van der Waals surface area contributed by atoms with Crippen LogP contribution < -0.4 is 0 Å². The molecule has 0 aromatic carbocycles. The summed E-state index contributed by atoms with van der Waals surface area (Å²) in [6.45, 7) is 5.43. The van der Waals surface area contributed by atoms with Gasteiger partial charge in [-0.3, -0.25) is 4.79 Å². The number of rotatable bonds is 10. The lowest BCUT2D eigenvalue weighted by Gasteiger charge is -2.36. The summed E-state index contributed by atoms with van der Waals surface area (Å²) in [5.74, 6) is 0.234. The fourth-order valence-electron chi connectivity index (χ4n) is 3.18. The molecule has 124 valence electrons. The number of amides is 1. The molecule has 1 heterocycles. The smallest absolute Gasteiger partial charge is 0.222 e. The number of nitrogens with zero attached hydrogens (tertiary/aromatic N) is 1. The summed E-state index contributed by atoms with van der Waals surface area (Å²) in [4.78, 5) is 14.0. The molecule has 1 fully saturated rings. The molecule has 0 spiro atoms. The summed E-state index contributed by atoms with van der Waals surface area (Å²) < 4.78 is 0. The fourth-order valence-corrected chi connectivity index (χ4v) is 3.18. The molecule has 0 aromatic rings. The van der Waals surface area contributed by atoms with Gasteiger partial charge in [0, 0.05) is 19.5 Å². The lowest BCUT2D eigenvalue weighted by atomic mass is 9.95. The Hall–Kier alpha value is -0.570. The Morgan fingerprint density at radius 1 is 1.05 bits per heavy atom. The minimum absolute atomic E-state index is 0.234. The van der Waals surface area contributed by atoms with E-state index < -0.39 is 5.60 Å². The molecule has 3 heteroatoms. The molecule has 1 rings (SSSR count). The van der Waals surface area contributed by atoms with Crippen molar-refractivity contribution in [1.82, 2.24) is 4.90 Å². The molecule has 21 heavy (non-hydrogen) atoms. The van der Waals surface area contributed by atoms with Crippen molar-refractivity contribution in [2.75, 3.05) is 13.1 Å². The molecule has 0 aliphatic carbocycles. The summed E-state index contributed by atoms with van der Waals surface area (Å²) >= 11 is 0. The first-order chi connectivity index (χ1) is 10.0. The van der Waals surface area contributed by atoms with E-state index in [2.05, 4.69) is 6.92 Å². The number of hydrogen-bond acceptors (Lipinski definition) is 2. The standard InChI is InChI=1S/C18H35NO2/c1-3-4-5-6-7-8-9-10-11-13-17(20)19-15-12-14-18(2,21)16-19/h21H,3-16H2,1-2H3. The number of unbranched alkanes of at least 4 members (excludes halogenated alkanes) is 8. The predicted octanol–water partition coefficient (Wildman–Crippen LogP) is 4.28. The SMILES string of the molecule is CCCCCCCCCCCC(=O)N1CCCC(C)(O)C1. The number of carbonyl (C=O) groups is 1.